The maximum Gasteiger partial charge on any atom is 0.342 e. The quantitative estimate of drug-likeness (QED) is 0.217. The van der Waals surface area contributed by atoms with Crippen LogP contribution < -0.4 is 16.6 Å². The Bertz CT molecular complexity index is 426. The number of hydrogen-bond donors (Lipinski definition) is 4. The average molecular weight is 288 g/mol. The van der Waals surface area contributed by atoms with Crippen LogP contribution in [0, 0.1) is 0 Å². The minimum absolute atomic E-state index is 0.273. The van der Waals surface area contributed by atoms with Gasteiger partial charge in [0.05, 0.1) is 5.54 Å². The van der Waals surface area contributed by atoms with Crippen LogP contribution in [0.3, 0.4) is 0 Å². The zero-order chi connectivity index (χ0) is 15.7. The summed E-state index contributed by atoms with van der Waals surface area (Å²) in [6, 6.07) is -1.25. The van der Waals surface area contributed by atoms with Gasteiger partial charge in [0.1, 0.15) is 6.54 Å². The number of hydrogen-bond acceptors (Lipinski definition) is 5. The number of carbonyl (C=O) groups is 3. The zero-order valence-corrected chi connectivity index (χ0v) is 11.9. The Labute approximate surface area is 116 Å². The lowest BCUT2D eigenvalue weighted by atomic mass is 10.0. The minimum Gasteiger partial charge on any atom is -0.339 e. The third-order valence-electron chi connectivity index (χ3n) is 3.34. The van der Waals surface area contributed by atoms with Crippen LogP contribution in [0.25, 0.3) is 0 Å². The summed E-state index contributed by atoms with van der Waals surface area (Å²) < 4.78 is 0. The number of hydroxylamine groups is 2. The maximum atomic E-state index is 12.2. The number of nitrogens with two attached hydrogens (primary N) is 1. The minimum atomic E-state index is -0.987. The fourth-order valence-corrected chi connectivity index (χ4v) is 2.30. The fourth-order valence-electron chi connectivity index (χ4n) is 2.30. The molecular weight excluding hydrogens is 268 g/mol. The van der Waals surface area contributed by atoms with Crippen molar-refractivity contribution in [2.45, 2.75) is 25.6 Å². The van der Waals surface area contributed by atoms with E-state index in [1.165, 1.54) is 23.9 Å². The van der Waals surface area contributed by atoms with Gasteiger partial charge in [-0.2, -0.15) is 5.06 Å². The van der Waals surface area contributed by atoms with E-state index in [1.807, 2.05) is 5.43 Å². The first-order valence-electron chi connectivity index (χ1n) is 5.92. The van der Waals surface area contributed by atoms with Crippen LogP contribution in [0.5, 0.6) is 0 Å². The normalized spacial score (nSPS) is 20.9. The van der Waals surface area contributed by atoms with E-state index in [9.17, 15) is 19.6 Å². The Kier molecular flexibility index (Phi) is 4.40. The van der Waals surface area contributed by atoms with Gasteiger partial charge in [-0.1, -0.05) is 0 Å². The highest BCUT2D eigenvalue weighted by molar-refractivity contribution is 5.86. The maximum absolute atomic E-state index is 12.2. The van der Waals surface area contributed by atoms with Gasteiger partial charge >= 0.3 is 12.1 Å². The summed E-state index contributed by atoms with van der Waals surface area (Å²) in [5.41, 5.74) is 0.950. The molecule has 1 saturated heterocycles. The van der Waals surface area contributed by atoms with Crippen molar-refractivity contribution in [1.29, 1.82) is 0 Å². The second-order valence-corrected chi connectivity index (χ2v) is 4.97. The molecule has 5 amide bonds. The Balaban J connectivity index is 3.07. The summed E-state index contributed by atoms with van der Waals surface area (Å²) in [6.45, 7) is 2.99. The molecule has 1 rings (SSSR count). The molecule has 1 atom stereocenters. The average Bonchev–Trinajstić information content (AvgIpc) is 2.56. The molecule has 0 aromatic carbocycles. The van der Waals surface area contributed by atoms with E-state index >= 15 is 0 Å². The number of likely N-dealkylation sites (N-methyl/N-ethyl adjacent to an activating group) is 1. The van der Waals surface area contributed by atoms with Crippen LogP contribution in [0.15, 0.2) is 0 Å². The smallest absolute Gasteiger partial charge is 0.339 e. The third kappa shape index (κ3) is 2.47. The summed E-state index contributed by atoms with van der Waals surface area (Å²) in [5.74, 6) is 4.46. The van der Waals surface area contributed by atoms with Crippen LogP contribution in [-0.4, -0.2) is 70.4 Å². The Morgan fingerprint density at radius 3 is 2.50 bits per heavy atom. The number of amides is 5. The number of rotatable bonds is 3. The molecule has 0 aliphatic carbocycles. The second-order valence-electron chi connectivity index (χ2n) is 4.97. The number of nitrogens with zero attached hydrogens (tertiary/aromatic N) is 3. The molecule has 1 aliphatic rings. The fraction of sp³-hybridized carbons (Fsp3) is 0.700. The Morgan fingerprint density at radius 1 is 1.50 bits per heavy atom. The topological polar surface area (TPSA) is 131 Å². The van der Waals surface area contributed by atoms with E-state index < -0.39 is 29.7 Å². The van der Waals surface area contributed by atoms with Crippen molar-refractivity contribution in [3.05, 3.63) is 0 Å². The molecule has 0 radical (unpaired) electrons. The molecular formula is C10H20N6O4. The zero-order valence-electron chi connectivity index (χ0n) is 11.9. The third-order valence-corrected chi connectivity index (χ3v) is 3.34. The molecule has 114 valence electrons. The first-order chi connectivity index (χ1) is 9.18. The highest BCUT2D eigenvalue weighted by Crippen LogP contribution is 2.32. The predicted octanol–water partition coefficient (Wildman–Crippen LogP) is -1.52. The lowest BCUT2D eigenvalue weighted by Crippen LogP contribution is -2.58. The summed E-state index contributed by atoms with van der Waals surface area (Å²) >= 11 is 0. The van der Waals surface area contributed by atoms with E-state index in [-0.39, 0.29) is 6.54 Å². The van der Waals surface area contributed by atoms with Crippen LogP contribution in [-0.2, 0) is 4.79 Å². The molecule has 0 spiro atoms. The van der Waals surface area contributed by atoms with Crippen LogP contribution in [0.2, 0.25) is 0 Å². The molecule has 5 N–H and O–H groups in total. The highest BCUT2D eigenvalue weighted by Gasteiger charge is 2.54. The molecule has 1 aliphatic heterocycles. The number of hydrazine groups is 1. The highest BCUT2D eigenvalue weighted by atomic mass is 16.5. The Morgan fingerprint density at radius 2 is 2.05 bits per heavy atom. The monoisotopic (exact) mass is 288 g/mol. The van der Waals surface area contributed by atoms with Gasteiger partial charge in [0.2, 0.25) is 0 Å². The van der Waals surface area contributed by atoms with Crippen LogP contribution in [0.1, 0.15) is 13.8 Å². The van der Waals surface area contributed by atoms with Crippen molar-refractivity contribution in [2.75, 3.05) is 20.6 Å². The molecule has 0 aromatic rings. The van der Waals surface area contributed by atoms with E-state index in [2.05, 4.69) is 5.32 Å². The molecule has 0 bridgehead atoms. The summed E-state index contributed by atoms with van der Waals surface area (Å²) in [5, 5.41) is 12.6. The number of nitrogens with one attached hydrogen (secondary N) is 2. The standard InChI is InChI=1S/C10H20N6O4/c1-10(2)7(16(20)8(18)12-3)14(4)9(19)15(10)5-6(17)13-11/h7,20H,5,11H2,1-4H3,(H,12,18)(H,13,17)/t7-/m0/s1. The molecule has 20 heavy (non-hydrogen) atoms. The first kappa shape index (κ1) is 16.0. The van der Waals surface area contributed by atoms with E-state index in [4.69, 9.17) is 5.84 Å². The molecule has 0 saturated carbocycles. The van der Waals surface area contributed by atoms with Crippen molar-refractivity contribution in [2.24, 2.45) is 5.84 Å². The van der Waals surface area contributed by atoms with Gasteiger partial charge in [-0.05, 0) is 13.8 Å². The van der Waals surface area contributed by atoms with Gasteiger partial charge in [-0.15, -0.1) is 0 Å². The van der Waals surface area contributed by atoms with E-state index in [1.54, 1.807) is 13.8 Å². The van der Waals surface area contributed by atoms with Crippen molar-refractivity contribution in [3.63, 3.8) is 0 Å². The second kappa shape index (κ2) is 5.51. The number of urea groups is 2. The first-order valence-corrected chi connectivity index (χ1v) is 5.92. The van der Waals surface area contributed by atoms with Gasteiger partial charge in [0, 0.05) is 14.1 Å². The van der Waals surface area contributed by atoms with Crippen molar-refractivity contribution in [1.82, 2.24) is 25.6 Å². The predicted molar refractivity (Wildman–Crippen MR) is 68.1 cm³/mol. The van der Waals surface area contributed by atoms with Gasteiger partial charge in [-0.25, -0.2) is 15.4 Å². The van der Waals surface area contributed by atoms with Crippen molar-refractivity contribution >= 4 is 18.0 Å². The largest absolute Gasteiger partial charge is 0.342 e. The lowest BCUT2D eigenvalue weighted by Gasteiger charge is -2.37. The molecule has 10 nitrogen and oxygen atoms in total. The molecule has 0 aromatic heterocycles. The molecule has 10 heteroatoms. The SMILES string of the molecule is CNC(=O)N(O)[C@@H]1N(C)C(=O)N(CC(=O)NN)C1(C)C. The lowest BCUT2D eigenvalue weighted by molar-refractivity contribution is -0.133. The summed E-state index contributed by atoms with van der Waals surface area (Å²) in [7, 11) is 2.79. The van der Waals surface area contributed by atoms with Crippen molar-refractivity contribution in [3.8, 4) is 0 Å². The Hall–Kier alpha value is -2.07. The molecule has 1 fully saturated rings. The van der Waals surface area contributed by atoms with E-state index in [0.717, 1.165) is 0 Å². The van der Waals surface area contributed by atoms with Gasteiger partial charge in [0.15, 0.2) is 6.17 Å². The molecule has 1 heterocycles. The summed E-state index contributed by atoms with van der Waals surface area (Å²) in [6.07, 6.45) is -0.944. The van der Waals surface area contributed by atoms with Crippen LogP contribution >= 0.6 is 0 Å². The van der Waals surface area contributed by atoms with Crippen LogP contribution in [0.4, 0.5) is 9.59 Å². The van der Waals surface area contributed by atoms with Gasteiger partial charge in [0.25, 0.3) is 5.91 Å². The summed E-state index contributed by atoms with van der Waals surface area (Å²) in [4.78, 5) is 37.5. The van der Waals surface area contributed by atoms with Crippen molar-refractivity contribution < 1.29 is 19.6 Å². The van der Waals surface area contributed by atoms with E-state index in [0.29, 0.717) is 5.06 Å². The van der Waals surface area contributed by atoms with Gasteiger partial charge < -0.3 is 15.1 Å². The van der Waals surface area contributed by atoms with Gasteiger partial charge in [-0.3, -0.25) is 15.4 Å². The molecule has 0 unspecified atom stereocenters. The number of carbonyl (C=O) groups excluding carboxylic acids is 3.